The smallest absolute Gasteiger partial charge is 0.225 e. The fourth-order valence-corrected chi connectivity index (χ4v) is 1.44. The van der Waals surface area contributed by atoms with Crippen LogP contribution in [0.1, 0.15) is 5.56 Å². The second kappa shape index (κ2) is 5.01. The summed E-state index contributed by atoms with van der Waals surface area (Å²) in [5, 5.41) is 12.0. The SMILES string of the molecule is COc1cc(Nc2ccccc2C#N)nc(N)n1. The second-order valence-electron chi connectivity index (χ2n) is 3.44. The molecule has 2 rings (SSSR count). The number of benzene rings is 1. The molecule has 90 valence electrons. The minimum absolute atomic E-state index is 0.103. The predicted molar refractivity (Wildman–Crippen MR) is 67.4 cm³/mol. The van der Waals surface area contributed by atoms with Crippen molar-refractivity contribution in [3.05, 3.63) is 35.9 Å². The van der Waals surface area contributed by atoms with Gasteiger partial charge < -0.3 is 15.8 Å². The van der Waals surface area contributed by atoms with Gasteiger partial charge in [0.15, 0.2) is 0 Å². The summed E-state index contributed by atoms with van der Waals surface area (Å²) in [7, 11) is 1.49. The number of nitrogens with zero attached hydrogens (tertiary/aromatic N) is 3. The third-order valence-corrected chi connectivity index (χ3v) is 2.24. The third-order valence-electron chi connectivity index (χ3n) is 2.24. The monoisotopic (exact) mass is 241 g/mol. The molecular weight excluding hydrogens is 230 g/mol. The topological polar surface area (TPSA) is 96.8 Å². The van der Waals surface area contributed by atoms with Gasteiger partial charge in [-0.1, -0.05) is 12.1 Å². The molecule has 0 fully saturated rings. The lowest BCUT2D eigenvalue weighted by Gasteiger charge is -2.08. The second-order valence-corrected chi connectivity index (χ2v) is 3.44. The van der Waals surface area contributed by atoms with Gasteiger partial charge in [0.25, 0.3) is 0 Å². The molecule has 6 heteroatoms. The van der Waals surface area contributed by atoms with Crippen molar-refractivity contribution in [1.82, 2.24) is 9.97 Å². The van der Waals surface area contributed by atoms with Gasteiger partial charge in [-0.2, -0.15) is 15.2 Å². The van der Waals surface area contributed by atoms with Gasteiger partial charge in [-0.05, 0) is 12.1 Å². The standard InChI is InChI=1S/C12H11N5O/c1-18-11-6-10(16-12(14)17-11)15-9-5-3-2-4-8(9)7-13/h2-6H,1H3,(H3,14,15,16,17). The van der Waals surface area contributed by atoms with Gasteiger partial charge in [0, 0.05) is 6.07 Å². The van der Waals surface area contributed by atoms with Crippen molar-refractivity contribution < 1.29 is 4.74 Å². The van der Waals surface area contributed by atoms with Crippen molar-refractivity contribution in [2.24, 2.45) is 0 Å². The molecular formula is C12H11N5O. The van der Waals surface area contributed by atoms with E-state index in [0.29, 0.717) is 22.9 Å². The summed E-state index contributed by atoms with van der Waals surface area (Å²) in [6.45, 7) is 0. The number of nitriles is 1. The molecule has 1 aromatic carbocycles. The highest BCUT2D eigenvalue weighted by Gasteiger charge is 2.05. The molecule has 0 aliphatic carbocycles. The molecule has 0 atom stereocenters. The molecule has 0 unspecified atom stereocenters. The Morgan fingerprint density at radius 1 is 1.33 bits per heavy atom. The number of nitrogens with two attached hydrogens (primary N) is 1. The van der Waals surface area contributed by atoms with E-state index >= 15 is 0 Å². The van der Waals surface area contributed by atoms with Crippen molar-refractivity contribution in [2.45, 2.75) is 0 Å². The highest BCUT2D eigenvalue weighted by Crippen LogP contribution is 2.21. The lowest BCUT2D eigenvalue weighted by atomic mass is 10.2. The van der Waals surface area contributed by atoms with E-state index in [0.717, 1.165) is 0 Å². The van der Waals surface area contributed by atoms with Crippen LogP contribution >= 0.6 is 0 Å². The predicted octanol–water partition coefficient (Wildman–Crippen LogP) is 1.68. The maximum Gasteiger partial charge on any atom is 0.225 e. The summed E-state index contributed by atoms with van der Waals surface area (Å²) in [6.07, 6.45) is 0. The molecule has 0 saturated heterocycles. The minimum atomic E-state index is 0.103. The van der Waals surface area contributed by atoms with Crippen LogP contribution in [0.4, 0.5) is 17.5 Å². The van der Waals surface area contributed by atoms with Gasteiger partial charge in [-0.25, -0.2) is 0 Å². The van der Waals surface area contributed by atoms with Gasteiger partial charge >= 0.3 is 0 Å². The molecule has 2 aromatic rings. The molecule has 1 aromatic heterocycles. The largest absolute Gasteiger partial charge is 0.481 e. The van der Waals surface area contributed by atoms with E-state index in [4.69, 9.17) is 15.7 Å². The van der Waals surface area contributed by atoms with Gasteiger partial charge in [-0.3, -0.25) is 0 Å². The fourth-order valence-electron chi connectivity index (χ4n) is 1.44. The van der Waals surface area contributed by atoms with Crippen LogP contribution < -0.4 is 15.8 Å². The van der Waals surface area contributed by atoms with Crippen molar-refractivity contribution in [1.29, 1.82) is 5.26 Å². The van der Waals surface area contributed by atoms with Crippen LogP contribution in [0.25, 0.3) is 0 Å². The lowest BCUT2D eigenvalue weighted by molar-refractivity contribution is 0.398. The molecule has 0 amide bonds. The zero-order valence-electron chi connectivity index (χ0n) is 9.71. The Morgan fingerprint density at radius 3 is 2.83 bits per heavy atom. The number of nitrogens with one attached hydrogen (secondary N) is 1. The average molecular weight is 241 g/mol. The zero-order valence-corrected chi connectivity index (χ0v) is 9.71. The Balaban J connectivity index is 2.34. The maximum absolute atomic E-state index is 8.98. The molecule has 0 radical (unpaired) electrons. The molecule has 3 N–H and O–H groups in total. The van der Waals surface area contributed by atoms with Crippen LogP contribution in [0.2, 0.25) is 0 Å². The first-order chi connectivity index (χ1) is 8.72. The first kappa shape index (κ1) is 11.7. The lowest BCUT2D eigenvalue weighted by Crippen LogP contribution is -2.02. The summed E-state index contributed by atoms with van der Waals surface area (Å²) < 4.78 is 4.99. The van der Waals surface area contributed by atoms with E-state index in [2.05, 4.69) is 21.4 Å². The zero-order chi connectivity index (χ0) is 13.0. The van der Waals surface area contributed by atoms with Crippen LogP contribution in [-0.2, 0) is 0 Å². The van der Waals surface area contributed by atoms with Gasteiger partial charge in [-0.15, -0.1) is 0 Å². The molecule has 0 aliphatic heterocycles. The molecule has 1 heterocycles. The number of hydrogen-bond acceptors (Lipinski definition) is 6. The molecule has 0 aliphatic rings. The summed E-state index contributed by atoms with van der Waals surface area (Å²) in [5.41, 5.74) is 6.73. The first-order valence-corrected chi connectivity index (χ1v) is 5.17. The van der Waals surface area contributed by atoms with E-state index in [1.165, 1.54) is 7.11 Å². The number of anilines is 3. The Kier molecular flexibility index (Phi) is 3.25. The van der Waals surface area contributed by atoms with E-state index in [9.17, 15) is 0 Å². The van der Waals surface area contributed by atoms with Crippen molar-refractivity contribution in [3.8, 4) is 11.9 Å². The maximum atomic E-state index is 8.98. The van der Waals surface area contributed by atoms with Gasteiger partial charge in [0.1, 0.15) is 11.9 Å². The van der Waals surface area contributed by atoms with Crippen LogP contribution in [0.15, 0.2) is 30.3 Å². The Labute approximate surface area is 104 Å². The summed E-state index contributed by atoms with van der Waals surface area (Å²) in [6, 6.07) is 10.8. The number of aromatic nitrogens is 2. The minimum Gasteiger partial charge on any atom is -0.481 e. The third kappa shape index (κ3) is 2.47. The van der Waals surface area contributed by atoms with E-state index < -0.39 is 0 Å². The van der Waals surface area contributed by atoms with Crippen LogP contribution in [0.5, 0.6) is 5.88 Å². The number of methoxy groups -OCH3 is 1. The molecule has 0 bridgehead atoms. The van der Waals surface area contributed by atoms with Gasteiger partial charge in [0.05, 0.1) is 18.4 Å². The molecule has 6 nitrogen and oxygen atoms in total. The first-order valence-electron chi connectivity index (χ1n) is 5.17. The van der Waals surface area contributed by atoms with Crippen molar-refractivity contribution >= 4 is 17.5 Å². The number of rotatable bonds is 3. The quantitative estimate of drug-likeness (QED) is 0.848. The molecule has 18 heavy (non-hydrogen) atoms. The van der Waals surface area contributed by atoms with E-state index in [1.54, 1.807) is 24.3 Å². The number of nitrogen functional groups attached to an aromatic ring is 1. The summed E-state index contributed by atoms with van der Waals surface area (Å²) in [5.74, 6) is 0.938. The normalized spacial score (nSPS) is 9.56. The van der Waals surface area contributed by atoms with E-state index in [-0.39, 0.29) is 5.95 Å². The van der Waals surface area contributed by atoms with Crippen molar-refractivity contribution in [2.75, 3.05) is 18.2 Å². The Bertz CT molecular complexity index is 606. The molecule has 0 spiro atoms. The average Bonchev–Trinajstić information content (AvgIpc) is 2.38. The Hall–Kier alpha value is -2.81. The number of hydrogen-bond donors (Lipinski definition) is 2. The molecule has 0 saturated carbocycles. The highest BCUT2D eigenvalue weighted by molar-refractivity contribution is 5.65. The van der Waals surface area contributed by atoms with Gasteiger partial charge in [0.2, 0.25) is 11.8 Å². The number of para-hydroxylation sites is 1. The van der Waals surface area contributed by atoms with Crippen molar-refractivity contribution in [3.63, 3.8) is 0 Å². The highest BCUT2D eigenvalue weighted by atomic mass is 16.5. The fraction of sp³-hybridized carbons (Fsp3) is 0.0833. The number of ether oxygens (including phenoxy) is 1. The summed E-state index contributed by atoms with van der Waals surface area (Å²) in [4.78, 5) is 7.89. The van der Waals surface area contributed by atoms with Crippen LogP contribution in [-0.4, -0.2) is 17.1 Å². The Morgan fingerprint density at radius 2 is 2.11 bits per heavy atom. The van der Waals surface area contributed by atoms with Crippen LogP contribution in [0, 0.1) is 11.3 Å². The van der Waals surface area contributed by atoms with E-state index in [1.807, 2.05) is 6.07 Å². The van der Waals surface area contributed by atoms with Crippen LogP contribution in [0.3, 0.4) is 0 Å². The summed E-state index contributed by atoms with van der Waals surface area (Å²) >= 11 is 0.